The molecule has 144 valence electrons. The molecule has 2 aliphatic carbocycles. The topological polar surface area (TPSA) is 40.5 Å². The molecule has 2 aliphatic rings. The fraction of sp³-hybridized carbons (Fsp3) is 1.00. The van der Waals surface area contributed by atoms with Gasteiger partial charge >= 0.3 is 0 Å². The molecular formula is C22H44O2. The van der Waals surface area contributed by atoms with Crippen LogP contribution in [-0.4, -0.2) is 21.4 Å². The zero-order valence-electron chi connectivity index (χ0n) is 17.6. The van der Waals surface area contributed by atoms with E-state index in [-0.39, 0.29) is 5.60 Å². The molecule has 2 heteroatoms. The molecule has 0 aromatic carbocycles. The van der Waals surface area contributed by atoms with Crippen molar-refractivity contribution in [1.82, 2.24) is 0 Å². The Morgan fingerprint density at radius 1 is 0.875 bits per heavy atom. The molecule has 2 saturated carbocycles. The average Bonchev–Trinajstić information content (AvgIpc) is 2.46. The van der Waals surface area contributed by atoms with E-state index < -0.39 is 5.60 Å². The first-order valence-electron chi connectivity index (χ1n) is 10.3. The first kappa shape index (κ1) is 22.0. The van der Waals surface area contributed by atoms with Crippen LogP contribution in [0, 0.1) is 35.5 Å². The van der Waals surface area contributed by atoms with Gasteiger partial charge in [0.05, 0.1) is 11.2 Å². The molecule has 24 heavy (non-hydrogen) atoms. The van der Waals surface area contributed by atoms with E-state index in [1.165, 1.54) is 19.3 Å². The minimum atomic E-state index is -0.397. The monoisotopic (exact) mass is 340 g/mol. The molecule has 0 bridgehead atoms. The minimum absolute atomic E-state index is 0.369. The zero-order chi connectivity index (χ0) is 18.7. The summed E-state index contributed by atoms with van der Waals surface area (Å²) in [6.45, 7) is 17.5. The van der Waals surface area contributed by atoms with E-state index in [0.29, 0.717) is 17.8 Å². The number of rotatable bonds is 2. The van der Waals surface area contributed by atoms with Crippen molar-refractivity contribution in [2.45, 2.75) is 105 Å². The largest absolute Gasteiger partial charge is 0.390 e. The SMILES string of the molecule is CC(C)C1CCC(C)(O)C(C)C1.CC1CCC(O)(C(C)C)CC1C. The molecule has 0 saturated heterocycles. The maximum atomic E-state index is 10.2. The second-order valence-corrected chi connectivity index (χ2v) is 9.99. The lowest BCUT2D eigenvalue weighted by Gasteiger charge is -2.41. The molecule has 0 spiro atoms. The van der Waals surface area contributed by atoms with Gasteiger partial charge in [0, 0.05) is 0 Å². The van der Waals surface area contributed by atoms with Gasteiger partial charge in [0.1, 0.15) is 0 Å². The Hall–Kier alpha value is -0.0800. The summed E-state index contributed by atoms with van der Waals surface area (Å²) in [5.74, 6) is 3.98. The predicted octanol–water partition coefficient (Wildman–Crippen LogP) is 5.66. The van der Waals surface area contributed by atoms with Crippen molar-refractivity contribution in [2.75, 3.05) is 0 Å². The van der Waals surface area contributed by atoms with Gasteiger partial charge in [-0.25, -0.2) is 0 Å². The number of aliphatic hydroxyl groups is 2. The third-order valence-corrected chi connectivity index (χ3v) is 7.44. The number of hydrogen-bond acceptors (Lipinski definition) is 2. The molecule has 0 radical (unpaired) electrons. The maximum Gasteiger partial charge on any atom is 0.0673 e. The van der Waals surface area contributed by atoms with Crippen molar-refractivity contribution in [3.05, 3.63) is 0 Å². The highest BCUT2D eigenvalue weighted by Gasteiger charge is 2.38. The summed E-state index contributed by atoms with van der Waals surface area (Å²) >= 11 is 0. The molecule has 0 aliphatic heterocycles. The van der Waals surface area contributed by atoms with E-state index in [9.17, 15) is 10.2 Å². The summed E-state index contributed by atoms with van der Waals surface area (Å²) in [5.41, 5.74) is -0.767. The summed E-state index contributed by atoms with van der Waals surface area (Å²) in [4.78, 5) is 0. The van der Waals surface area contributed by atoms with Crippen LogP contribution in [0.3, 0.4) is 0 Å². The Morgan fingerprint density at radius 2 is 1.46 bits per heavy atom. The van der Waals surface area contributed by atoms with E-state index in [1.54, 1.807) is 0 Å². The second-order valence-electron chi connectivity index (χ2n) is 9.99. The van der Waals surface area contributed by atoms with Crippen LogP contribution in [0.2, 0.25) is 0 Å². The van der Waals surface area contributed by atoms with Crippen LogP contribution in [0.25, 0.3) is 0 Å². The van der Waals surface area contributed by atoms with Gasteiger partial charge in [0.15, 0.2) is 0 Å². The predicted molar refractivity (Wildman–Crippen MR) is 104 cm³/mol. The average molecular weight is 341 g/mol. The quantitative estimate of drug-likeness (QED) is 0.681. The van der Waals surface area contributed by atoms with Crippen LogP contribution >= 0.6 is 0 Å². The van der Waals surface area contributed by atoms with Crippen LogP contribution in [0.1, 0.15) is 93.9 Å². The molecule has 2 nitrogen and oxygen atoms in total. The van der Waals surface area contributed by atoms with Gasteiger partial charge in [-0.2, -0.15) is 0 Å². The first-order valence-corrected chi connectivity index (χ1v) is 10.3. The summed E-state index contributed by atoms with van der Waals surface area (Å²) in [7, 11) is 0. The van der Waals surface area contributed by atoms with Gasteiger partial charge in [-0.15, -0.1) is 0 Å². The second kappa shape index (κ2) is 8.54. The molecular weight excluding hydrogens is 296 g/mol. The van der Waals surface area contributed by atoms with Crippen LogP contribution in [0.5, 0.6) is 0 Å². The van der Waals surface area contributed by atoms with E-state index in [1.807, 2.05) is 6.92 Å². The summed E-state index contributed by atoms with van der Waals surface area (Å²) in [6, 6.07) is 0. The van der Waals surface area contributed by atoms with Crippen LogP contribution in [0.4, 0.5) is 0 Å². The highest BCUT2D eigenvalue weighted by atomic mass is 16.3. The summed E-state index contributed by atoms with van der Waals surface area (Å²) in [6.07, 6.45) is 6.56. The van der Waals surface area contributed by atoms with Crippen LogP contribution < -0.4 is 0 Å². The third-order valence-electron chi connectivity index (χ3n) is 7.44. The highest BCUT2D eigenvalue weighted by Crippen LogP contribution is 2.40. The number of hydrogen-bond donors (Lipinski definition) is 2. The van der Waals surface area contributed by atoms with Gasteiger partial charge in [-0.05, 0) is 81.0 Å². The summed E-state index contributed by atoms with van der Waals surface area (Å²) in [5, 5.41) is 20.2. The Bertz CT molecular complexity index is 374. The first-order chi connectivity index (χ1) is 10.9. The Balaban J connectivity index is 0.000000240. The summed E-state index contributed by atoms with van der Waals surface area (Å²) < 4.78 is 0. The van der Waals surface area contributed by atoms with Gasteiger partial charge in [0.2, 0.25) is 0 Å². The van der Waals surface area contributed by atoms with Crippen LogP contribution in [0.15, 0.2) is 0 Å². The van der Waals surface area contributed by atoms with Gasteiger partial charge in [-0.1, -0.05) is 48.5 Å². The molecule has 0 amide bonds. The van der Waals surface area contributed by atoms with Crippen molar-refractivity contribution in [3.8, 4) is 0 Å². The highest BCUT2D eigenvalue weighted by molar-refractivity contribution is 4.90. The lowest BCUT2D eigenvalue weighted by molar-refractivity contribution is -0.0640. The van der Waals surface area contributed by atoms with Crippen molar-refractivity contribution in [2.24, 2.45) is 35.5 Å². The molecule has 0 aromatic heterocycles. The standard InChI is InChI=1S/2C11H22O/c1-8(2)10-5-6-11(4,12)9(3)7-10;1-8(2)11(12)6-5-9(3)10(4)7-11/h2*8-10,12H,5-7H2,1-4H3. The van der Waals surface area contributed by atoms with Gasteiger partial charge < -0.3 is 10.2 Å². The molecule has 2 N–H and O–H groups in total. The smallest absolute Gasteiger partial charge is 0.0673 e. The van der Waals surface area contributed by atoms with E-state index in [4.69, 9.17) is 0 Å². The van der Waals surface area contributed by atoms with Crippen molar-refractivity contribution >= 4 is 0 Å². The van der Waals surface area contributed by atoms with Crippen molar-refractivity contribution in [1.29, 1.82) is 0 Å². The van der Waals surface area contributed by atoms with Crippen molar-refractivity contribution < 1.29 is 10.2 Å². The molecule has 2 rings (SSSR count). The third kappa shape index (κ3) is 5.73. The zero-order valence-corrected chi connectivity index (χ0v) is 17.6. The van der Waals surface area contributed by atoms with E-state index in [2.05, 4.69) is 48.5 Å². The van der Waals surface area contributed by atoms with Gasteiger partial charge in [0.25, 0.3) is 0 Å². The molecule has 0 aromatic rings. The van der Waals surface area contributed by atoms with Crippen LogP contribution in [-0.2, 0) is 0 Å². The van der Waals surface area contributed by atoms with E-state index in [0.717, 1.165) is 37.0 Å². The molecule has 2 fully saturated rings. The maximum absolute atomic E-state index is 10.2. The molecule has 6 atom stereocenters. The van der Waals surface area contributed by atoms with E-state index >= 15 is 0 Å². The fourth-order valence-corrected chi connectivity index (χ4v) is 4.30. The lowest BCUT2D eigenvalue weighted by atomic mass is 9.69. The lowest BCUT2D eigenvalue weighted by Crippen LogP contribution is -2.41. The Morgan fingerprint density at radius 3 is 1.88 bits per heavy atom. The fourth-order valence-electron chi connectivity index (χ4n) is 4.30. The van der Waals surface area contributed by atoms with Gasteiger partial charge in [-0.3, -0.25) is 0 Å². The minimum Gasteiger partial charge on any atom is -0.390 e. The Labute approximate surface area is 151 Å². The normalized spacial score (nSPS) is 43.5. The molecule has 0 heterocycles. The Kier molecular flexibility index (Phi) is 7.81. The molecule has 6 unspecified atom stereocenters. The van der Waals surface area contributed by atoms with Crippen molar-refractivity contribution in [3.63, 3.8) is 0 Å².